The van der Waals surface area contributed by atoms with Crippen LogP contribution >= 0.6 is 0 Å². The maximum atomic E-state index is 12.3. The molecule has 0 saturated carbocycles. The van der Waals surface area contributed by atoms with Crippen molar-refractivity contribution in [1.29, 1.82) is 0 Å². The van der Waals surface area contributed by atoms with Crippen LogP contribution in [-0.2, 0) is 0 Å². The normalized spacial score (nSPS) is 10.2. The molecule has 0 aliphatic rings. The summed E-state index contributed by atoms with van der Waals surface area (Å²) in [6.07, 6.45) is 1.08. The largest absolute Gasteiger partial charge is 0.495 e. The first-order valence-electron chi connectivity index (χ1n) is 7.61. The fraction of sp³-hybridized carbons (Fsp3) is 0.278. The van der Waals surface area contributed by atoms with E-state index in [0.717, 1.165) is 18.7 Å². The molecule has 0 heterocycles. The van der Waals surface area contributed by atoms with Crippen LogP contribution in [0.15, 0.2) is 42.5 Å². The molecule has 0 fully saturated rings. The molecule has 0 aliphatic heterocycles. The minimum atomic E-state index is -0.167. The first-order chi connectivity index (χ1) is 11.0. The number of ether oxygens (including phenoxy) is 1. The molecule has 0 spiro atoms. The van der Waals surface area contributed by atoms with Gasteiger partial charge in [0.2, 0.25) is 0 Å². The lowest BCUT2D eigenvalue weighted by Gasteiger charge is -2.18. The summed E-state index contributed by atoms with van der Waals surface area (Å²) in [5.41, 5.74) is 8.67. The summed E-state index contributed by atoms with van der Waals surface area (Å²) in [5.74, 6) is 0.422. The van der Waals surface area contributed by atoms with Crippen LogP contribution in [0.3, 0.4) is 0 Å². The number of anilines is 3. The van der Waals surface area contributed by atoms with Crippen LogP contribution in [0.1, 0.15) is 23.7 Å². The lowest BCUT2D eigenvalue weighted by Crippen LogP contribution is -2.18. The van der Waals surface area contributed by atoms with Gasteiger partial charge in [0.05, 0.1) is 12.8 Å². The molecule has 3 N–H and O–H groups in total. The van der Waals surface area contributed by atoms with E-state index in [9.17, 15) is 4.79 Å². The molecule has 2 aromatic rings. The number of nitrogens with zero attached hydrogens (tertiary/aromatic N) is 1. The molecule has 0 aliphatic carbocycles. The number of carbonyl (C=O) groups excluding carboxylic acids is 1. The fourth-order valence-corrected chi connectivity index (χ4v) is 2.35. The summed E-state index contributed by atoms with van der Waals surface area (Å²) in [4.78, 5) is 14.4. The number of hydrogen-bond donors (Lipinski definition) is 2. The van der Waals surface area contributed by atoms with Crippen molar-refractivity contribution in [2.24, 2.45) is 0 Å². The van der Waals surface area contributed by atoms with Crippen molar-refractivity contribution in [3.05, 3.63) is 48.0 Å². The van der Waals surface area contributed by atoms with Crippen LogP contribution in [0.4, 0.5) is 17.1 Å². The highest BCUT2D eigenvalue weighted by Crippen LogP contribution is 2.25. The Morgan fingerprint density at radius 2 is 1.91 bits per heavy atom. The minimum Gasteiger partial charge on any atom is -0.495 e. The van der Waals surface area contributed by atoms with Crippen molar-refractivity contribution in [3.8, 4) is 5.75 Å². The van der Waals surface area contributed by atoms with E-state index in [1.165, 1.54) is 0 Å². The Morgan fingerprint density at radius 3 is 2.48 bits per heavy atom. The number of nitrogens with one attached hydrogen (secondary N) is 1. The molecule has 0 aromatic heterocycles. The second-order valence-corrected chi connectivity index (χ2v) is 5.38. The Balaban J connectivity index is 2.07. The second-order valence-electron chi connectivity index (χ2n) is 5.38. The molecule has 0 bridgehead atoms. The van der Waals surface area contributed by atoms with E-state index in [-0.39, 0.29) is 5.91 Å². The van der Waals surface area contributed by atoms with Gasteiger partial charge in [0, 0.05) is 30.5 Å². The molecular weight excluding hydrogens is 290 g/mol. The number of amides is 1. The highest BCUT2D eigenvalue weighted by atomic mass is 16.5. The second kappa shape index (κ2) is 7.54. The zero-order chi connectivity index (χ0) is 16.8. The van der Waals surface area contributed by atoms with Crippen LogP contribution in [0.2, 0.25) is 0 Å². The summed E-state index contributed by atoms with van der Waals surface area (Å²) >= 11 is 0. The minimum absolute atomic E-state index is 0.167. The summed E-state index contributed by atoms with van der Waals surface area (Å²) in [6.45, 7) is 3.12. The van der Waals surface area contributed by atoms with Gasteiger partial charge in [0.25, 0.3) is 5.91 Å². The molecule has 5 heteroatoms. The molecule has 0 saturated heterocycles. The molecular formula is C18H23N3O2. The van der Waals surface area contributed by atoms with Gasteiger partial charge in [-0.25, -0.2) is 0 Å². The van der Waals surface area contributed by atoms with Gasteiger partial charge >= 0.3 is 0 Å². The zero-order valence-electron chi connectivity index (χ0n) is 13.8. The van der Waals surface area contributed by atoms with Crippen molar-refractivity contribution in [1.82, 2.24) is 0 Å². The Morgan fingerprint density at radius 1 is 1.22 bits per heavy atom. The van der Waals surface area contributed by atoms with Gasteiger partial charge in [-0.1, -0.05) is 6.92 Å². The quantitative estimate of drug-likeness (QED) is 0.802. The van der Waals surface area contributed by atoms with Crippen molar-refractivity contribution in [3.63, 3.8) is 0 Å². The van der Waals surface area contributed by atoms with E-state index >= 15 is 0 Å². The topological polar surface area (TPSA) is 67.6 Å². The maximum absolute atomic E-state index is 12.3. The number of benzene rings is 2. The molecule has 2 aromatic carbocycles. The van der Waals surface area contributed by atoms with Crippen molar-refractivity contribution in [2.45, 2.75) is 13.3 Å². The zero-order valence-corrected chi connectivity index (χ0v) is 13.8. The van der Waals surface area contributed by atoms with Crippen LogP contribution in [0.5, 0.6) is 5.75 Å². The molecule has 0 unspecified atom stereocenters. The van der Waals surface area contributed by atoms with Crippen LogP contribution in [0.25, 0.3) is 0 Å². The summed E-state index contributed by atoms with van der Waals surface area (Å²) < 4.78 is 5.10. The fourth-order valence-electron chi connectivity index (χ4n) is 2.35. The van der Waals surface area contributed by atoms with E-state index < -0.39 is 0 Å². The average molecular weight is 313 g/mol. The van der Waals surface area contributed by atoms with E-state index in [1.54, 1.807) is 25.3 Å². The third-order valence-electron chi connectivity index (χ3n) is 3.62. The number of nitrogens with two attached hydrogens (primary N) is 1. The van der Waals surface area contributed by atoms with Crippen molar-refractivity contribution in [2.75, 3.05) is 36.7 Å². The highest BCUT2D eigenvalue weighted by molar-refractivity contribution is 6.04. The van der Waals surface area contributed by atoms with Crippen LogP contribution < -0.4 is 20.7 Å². The van der Waals surface area contributed by atoms with E-state index in [4.69, 9.17) is 10.5 Å². The summed E-state index contributed by atoms with van der Waals surface area (Å²) in [6, 6.07) is 12.7. The summed E-state index contributed by atoms with van der Waals surface area (Å²) in [7, 11) is 3.60. The van der Waals surface area contributed by atoms with E-state index in [0.29, 0.717) is 22.7 Å². The third-order valence-corrected chi connectivity index (χ3v) is 3.62. The lowest BCUT2D eigenvalue weighted by molar-refractivity contribution is 0.102. The summed E-state index contributed by atoms with van der Waals surface area (Å²) in [5, 5.41) is 2.84. The number of methoxy groups -OCH3 is 1. The molecule has 2 rings (SSSR count). The van der Waals surface area contributed by atoms with Gasteiger partial charge in [-0.3, -0.25) is 4.79 Å². The Hall–Kier alpha value is -2.69. The number of rotatable bonds is 6. The molecule has 0 atom stereocenters. The predicted octanol–water partition coefficient (Wildman–Crippen LogP) is 3.38. The predicted molar refractivity (Wildman–Crippen MR) is 95.4 cm³/mol. The Kier molecular flexibility index (Phi) is 5.46. The molecule has 0 radical (unpaired) electrons. The third kappa shape index (κ3) is 4.16. The van der Waals surface area contributed by atoms with Gasteiger partial charge in [0.1, 0.15) is 5.75 Å². The van der Waals surface area contributed by atoms with Gasteiger partial charge in [-0.15, -0.1) is 0 Å². The van der Waals surface area contributed by atoms with Crippen LogP contribution in [0, 0.1) is 0 Å². The van der Waals surface area contributed by atoms with E-state index in [2.05, 4.69) is 17.1 Å². The maximum Gasteiger partial charge on any atom is 0.255 e. The van der Waals surface area contributed by atoms with Crippen molar-refractivity contribution >= 4 is 23.0 Å². The lowest BCUT2D eigenvalue weighted by atomic mass is 10.1. The molecule has 122 valence electrons. The number of nitrogen functional groups attached to an aromatic ring is 1. The SMILES string of the molecule is CCCN(C)c1ccc(C(=O)Nc2ccc(OC)c(N)c2)cc1. The molecule has 23 heavy (non-hydrogen) atoms. The van der Waals surface area contributed by atoms with Gasteiger partial charge in [0.15, 0.2) is 0 Å². The molecule has 1 amide bonds. The monoisotopic (exact) mass is 313 g/mol. The Labute approximate surface area is 137 Å². The smallest absolute Gasteiger partial charge is 0.255 e. The molecule has 5 nitrogen and oxygen atoms in total. The average Bonchev–Trinajstić information content (AvgIpc) is 2.55. The Bertz CT molecular complexity index is 668. The standard InChI is InChI=1S/C18H23N3O2/c1-4-11-21(2)15-8-5-13(6-9-15)18(22)20-14-7-10-17(23-3)16(19)12-14/h5-10,12H,4,11,19H2,1-3H3,(H,20,22). The number of carbonyl (C=O) groups is 1. The van der Waals surface area contributed by atoms with Gasteiger partial charge < -0.3 is 20.7 Å². The van der Waals surface area contributed by atoms with Crippen LogP contribution in [-0.4, -0.2) is 26.6 Å². The highest BCUT2D eigenvalue weighted by Gasteiger charge is 2.08. The van der Waals surface area contributed by atoms with E-state index in [1.807, 2.05) is 31.3 Å². The first-order valence-corrected chi connectivity index (χ1v) is 7.61. The number of hydrogen-bond acceptors (Lipinski definition) is 4. The van der Waals surface area contributed by atoms with Gasteiger partial charge in [-0.2, -0.15) is 0 Å². The van der Waals surface area contributed by atoms with Crippen molar-refractivity contribution < 1.29 is 9.53 Å². The van der Waals surface area contributed by atoms with Gasteiger partial charge in [-0.05, 0) is 48.9 Å². The first kappa shape index (κ1) is 16.7.